The molecule has 0 fully saturated rings. The molecule has 1 atom stereocenters. The zero-order chi connectivity index (χ0) is 8.97. The van der Waals surface area contributed by atoms with Crippen molar-refractivity contribution in [3.05, 3.63) is 36.8 Å². The smallest absolute Gasteiger partial charge is 0.374 e. The predicted molar refractivity (Wildman–Crippen MR) is 43.8 cm³/mol. The Hall–Kier alpha value is -1.51. The van der Waals surface area contributed by atoms with Crippen LogP contribution >= 0.6 is 0 Å². The molecule has 3 nitrogen and oxygen atoms in total. The number of furan rings is 1. The second-order valence-corrected chi connectivity index (χ2v) is 2.32. The number of esters is 1. The minimum absolute atomic E-state index is 0.212. The number of carbonyl (C=O) groups is 1. The molecule has 0 unspecified atom stereocenters. The van der Waals surface area contributed by atoms with Gasteiger partial charge in [0.1, 0.15) is 6.10 Å². The van der Waals surface area contributed by atoms with Crippen LogP contribution in [0.2, 0.25) is 0 Å². The number of ether oxygens (including phenoxy) is 1. The van der Waals surface area contributed by atoms with Crippen LogP contribution in [0.3, 0.4) is 0 Å². The molecule has 3 heteroatoms. The summed E-state index contributed by atoms with van der Waals surface area (Å²) in [4.78, 5) is 11.1. The highest BCUT2D eigenvalue weighted by Crippen LogP contribution is 2.04. The molecule has 0 radical (unpaired) electrons. The quantitative estimate of drug-likeness (QED) is 0.509. The van der Waals surface area contributed by atoms with Crippen molar-refractivity contribution < 1.29 is 13.9 Å². The standard InChI is InChI=1S/C9H10O3/c1-3-7(2)12-9(10)8-5-4-6-11-8/h3-7H,1H2,2H3/t7-/m0/s1. The number of hydrogen-bond donors (Lipinski definition) is 0. The van der Waals surface area contributed by atoms with E-state index in [0.717, 1.165) is 0 Å². The highest BCUT2D eigenvalue weighted by Gasteiger charge is 2.11. The first-order chi connectivity index (χ1) is 5.74. The minimum atomic E-state index is -0.465. The molecule has 1 aromatic rings. The van der Waals surface area contributed by atoms with Gasteiger partial charge in [-0.3, -0.25) is 0 Å². The van der Waals surface area contributed by atoms with Gasteiger partial charge in [0.25, 0.3) is 0 Å². The molecule has 0 aromatic carbocycles. The molecule has 1 aromatic heterocycles. The van der Waals surface area contributed by atoms with E-state index in [-0.39, 0.29) is 11.9 Å². The molecule has 0 spiro atoms. The van der Waals surface area contributed by atoms with E-state index in [1.165, 1.54) is 6.26 Å². The van der Waals surface area contributed by atoms with E-state index in [4.69, 9.17) is 9.15 Å². The maximum atomic E-state index is 11.1. The molecule has 0 saturated carbocycles. The van der Waals surface area contributed by atoms with Crippen LogP contribution in [0.4, 0.5) is 0 Å². The Bertz CT molecular complexity index is 261. The number of rotatable bonds is 3. The first-order valence-corrected chi connectivity index (χ1v) is 3.61. The summed E-state index contributed by atoms with van der Waals surface area (Å²) < 4.78 is 9.72. The molecule has 0 aliphatic carbocycles. The SMILES string of the molecule is C=C[C@H](C)OC(=O)c1ccco1. The Morgan fingerprint density at radius 2 is 2.58 bits per heavy atom. The first kappa shape index (κ1) is 8.59. The van der Waals surface area contributed by atoms with Crippen molar-refractivity contribution in [2.24, 2.45) is 0 Å². The van der Waals surface area contributed by atoms with Gasteiger partial charge < -0.3 is 9.15 Å². The molecule has 64 valence electrons. The lowest BCUT2D eigenvalue weighted by Crippen LogP contribution is -2.11. The Morgan fingerprint density at radius 1 is 1.83 bits per heavy atom. The summed E-state index contributed by atoms with van der Waals surface area (Å²) in [5.41, 5.74) is 0. The van der Waals surface area contributed by atoms with Gasteiger partial charge in [-0.15, -0.1) is 0 Å². The molecule has 0 N–H and O–H groups in total. The molecule has 12 heavy (non-hydrogen) atoms. The fraction of sp³-hybridized carbons (Fsp3) is 0.222. The topological polar surface area (TPSA) is 39.4 Å². The maximum Gasteiger partial charge on any atom is 0.374 e. The summed E-state index contributed by atoms with van der Waals surface area (Å²) in [5.74, 6) is -0.254. The number of carbonyl (C=O) groups excluding carboxylic acids is 1. The van der Waals surface area contributed by atoms with Crippen LogP contribution in [-0.4, -0.2) is 12.1 Å². The third-order valence-electron chi connectivity index (χ3n) is 1.35. The average molecular weight is 166 g/mol. The number of hydrogen-bond acceptors (Lipinski definition) is 3. The largest absolute Gasteiger partial charge is 0.457 e. The highest BCUT2D eigenvalue weighted by atomic mass is 16.6. The Labute approximate surface area is 70.6 Å². The van der Waals surface area contributed by atoms with Crippen LogP contribution in [0.5, 0.6) is 0 Å². The van der Waals surface area contributed by atoms with Gasteiger partial charge in [0.05, 0.1) is 6.26 Å². The second kappa shape index (κ2) is 3.76. The van der Waals surface area contributed by atoms with Crippen LogP contribution in [0, 0.1) is 0 Å². The third-order valence-corrected chi connectivity index (χ3v) is 1.35. The summed E-state index contributed by atoms with van der Waals surface area (Å²) in [6.45, 7) is 5.22. The van der Waals surface area contributed by atoms with Crippen molar-refractivity contribution >= 4 is 5.97 Å². The van der Waals surface area contributed by atoms with Crippen molar-refractivity contribution in [1.29, 1.82) is 0 Å². The maximum absolute atomic E-state index is 11.1. The lowest BCUT2D eigenvalue weighted by atomic mass is 10.4. The summed E-state index contributed by atoms with van der Waals surface area (Å²) in [6.07, 6.45) is 2.68. The van der Waals surface area contributed by atoms with Gasteiger partial charge in [-0.25, -0.2) is 4.79 Å². The Balaban J connectivity index is 2.55. The molecule has 0 amide bonds. The van der Waals surface area contributed by atoms with Crippen LogP contribution in [0.1, 0.15) is 17.5 Å². The van der Waals surface area contributed by atoms with Crippen molar-refractivity contribution in [2.45, 2.75) is 13.0 Å². The van der Waals surface area contributed by atoms with Crippen LogP contribution in [0.25, 0.3) is 0 Å². The Morgan fingerprint density at radius 3 is 3.08 bits per heavy atom. The molecule has 1 rings (SSSR count). The summed E-state index contributed by atoms with van der Waals surface area (Å²) in [7, 11) is 0. The van der Waals surface area contributed by atoms with E-state index < -0.39 is 5.97 Å². The van der Waals surface area contributed by atoms with Crippen LogP contribution in [0.15, 0.2) is 35.5 Å². The van der Waals surface area contributed by atoms with E-state index in [1.54, 1.807) is 25.1 Å². The van der Waals surface area contributed by atoms with Crippen LogP contribution < -0.4 is 0 Å². The lowest BCUT2D eigenvalue weighted by molar-refractivity contribution is 0.0388. The third kappa shape index (κ3) is 1.99. The van der Waals surface area contributed by atoms with E-state index >= 15 is 0 Å². The fourth-order valence-electron chi connectivity index (χ4n) is 0.670. The molecule has 0 aliphatic rings. The molecule has 0 bridgehead atoms. The minimum Gasteiger partial charge on any atom is -0.457 e. The van der Waals surface area contributed by atoms with E-state index in [2.05, 4.69) is 6.58 Å². The summed E-state index contributed by atoms with van der Waals surface area (Å²) >= 11 is 0. The van der Waals surface area contributed by atoms with Gasteiger partial charge in [-0.1, -0.05) is 12.7 Å². The second-order valence-electron chi connectivity index (χ2n) is 2.32. The van der Waals surface area contributed by atoms with Crippen molar-refractivity contribution in [1.82, 2.24) is 0 Å². The monoisotopic (exact) mass is 166 g/mol. The fourth-order valence-corrected chi connectivity index (χ4v) is 0.670. The molecule has 0 saturated heterocycles. The average Bonchev–Trinajstić information content (AvgIpc) is 2.56. The molecule has 0 aliphatic heterocycles. The first-order valence-electron chi connectivity index (χ1n) is 3.61. The van der Waals surface area contributed by atoms with E-state index in [0.29, 0.717) is 0 Å². The zero-order valence-electron chi connectivity index (χ0n) is 6.82. The van der Waals surface area contributed by atoms with Gasteiger partial charge in [-0.2, -0.15) is 0 Å². The lowest BCUT2D eigenvalue weighted by Gasteiger charge is -2.05. The van der Waals surface area contributed by atoms with E-state index in [1.807, 2.05) is 0 Å². The van der Waals surface area contributed by atoms with Crippen molar-refractivity contribution in [2.75, 3.05) is 0 Å². The normalized spacial score (nSPS) is 12.1. The van der Waals surface area contributed by atoms with Gasteiger partial charge in [-0.05, 0) is 19.1 Å². The van der Waals surface area contributed by atoms with Crippen molar-refractivity contribution in [3.8, 4) is 0 Å². The zero-order valence-corrected chi connectivity index (χ0v) is 6.82. The van der Waals surface area contributed by atoms with E-state index in [9.17, 15) is 4.79 Å². The van der Waals surface area contributed by atoms with Crippen molar-refractivity contribution in [3.63, 3.8) is 0 Å². The molecular weight excluding hydrogens is 156 g/mol. The molecular formula is C9H10O3. The highest BCUT2D eigenvalue weighted by molar-refractivity contribution is 5.86. The van der Waals surface area contributed by atoms with Gasteiger partial charge in [0.2, 0.25) is 5.76 Å². The Kier molecular flexibility index (Phi) is 2.69. The van der Waals surface area contributed by atoms with Gasteiger partial charge in [0, 0.05) is 0 Å². The predicted octanol–water partition coefficient (Wildman–Crippen LogP) is 2.01. The summed E-state index contributed by atoms with van der Waals surface area (Å²) in [5, 5.41) is 0. The van der Waals surface area contributed by atoms with Crippen LogP contribution in [-0.2, 0) is 4.74 Å². The summed E-state index contributed by atoms with van der Waals surface area (Å²) in [6, 6.07) is 3.19. The van der Waals surface area contributed by atoms with Gasteiger partial charge in [0.15, 0.2) is 0 Å². The molecule has 1 heterocycles. The van der Waals surface area contributed by atoms with Gasteiger partial charge >= 0.3 is 5.97 Å².